The lowest BCUT2D eigenvalue weighted by atomic mass is 10.1. The molecule has 2 rings (SSSR count). The largest absolute Gasteiger partial charge is 0.362 e. The summed E-state index contributed by atoms with van der Waals surface area (Å²) in [6, 6.07) is 13.7. The summed E-state index contributed by atoms with van der Waals surface area (Å²) >= 11 is 1.71. The van der Waals surface area contributed by atoms with Crippen LogP contribution in [-0.2, 0) is 6.54 Å². The molecule has 0 spiro atoms. The fourth-order valence-electron chi connectivity index (χ4n) is 2.43. The van der Waals surface area contributed by atoms with Gasteiger partial charge in [0.1, 0.15) is 5.82 Å². The molecule has 0 fully saturated rings. The van der Waals surface area contributed by atoms with Gasteiger partial charge >= 0.3 is 6.03 Å². The highest BCUT2D eigenvalue weighted by atomic mass is 32.2. The van der Waals surface area contributed by atoms with Crippen LogP contribution in [0.4, 0.5) is 10.6 Å². The lowest BCUT2D eigenvalue weighted by Gasteiger charge is -2.20. The molecular weight excluding hydrogens is 320 g/mol. The van der Waals surface area contributed by atoms with Gasteiger partial charge in [-0.2, -0.15) is 11.8 Å². The number of nitrogens with zero attached hydrogens (tertiary/aromatic N) is 2. The summed E-state index contributed by atoms with van der Waals surface area (Å²) in [4.78, 5) is 18.6. The Morgan fingerprint density at radius 2 is 1.96 bits per heavy atom. The molecule has 2 aromatic rings. The number of thioether (sulfide) groups is 1. The zero-order valence-corrected chi connectivity index (χ0v) is 15.1. The minimum atomic E-state index is -0.175. The third kappa shape index (κ3) is 5.16. The highest BCUT2D eigenvalue weighted by Crippen LogP contribution is 2.17. The van der Waals surface area contributed by atoms with Gasteiger partial charge in [0.15, 0.2) is 0 Å². The van der Waals surface area contributed by atoms with E-state index in [1.165, 1.54) is 0 Å². The maximum atomic E-state index is 12.3. The summed E-state index contributed by atoms with van der Waals surface area (Å²) in [6.45, 7) is 0.438. The monoisotopic (exact) mass is 344 g/mol. The Morgan fingerprint density at radius 1 is 1.21 bits per heavy atom. The first-order valence-corrected chi connectivity index (χ1v) is 9.20. The molecule has 0 saturated heterocycles. The lowest BCUT2D eigenvalue weighted by Crippen LogP contribution is -2.38. The fraction of sp³-hybridized carbons (Fsp3) is 0.333. The molecule has 5 nitrogen and oxygen atoms in total. The summed E-state index contributed by atoms with van der Waals surface area (Å²) < 4.78 is 0. The molecule has 0 aliphatic rings. The number of nitrogens with one attached hydrogen (secondary N) is 2. The highest BCUT2D eigenvalue weighted by molar-refractivity contribution is 7.98. The van der Waals surface area contributed by atoms with E-state index < -0.39 is 0 Å². The van der Waals surface area contributed by atoms with Gasteiger partial charge < -0.3 is 15.5 Å². The van der Waals surface area contributed by atoms with Crippen LogP contribution in [0.15, 0.2) is 48.7 Å². The van der Waals surface area contributed by atoms with Gasteiger partial charge in [-0.25, -0.2) is 9.78 Å². The number of benzene rings is 1. The van der Waals surface area contributed by atoms with Crippen LogP contribution in [-0.4, -0.2) is 37.1 Å². The molecule has 0 aliphatic carbocycles. The first kappa shape index (κ1) is 18.1. The standard InChI is InChI=1S/C18H24N4OS/c1-22(2)17-15(10-7-11-19-17)12-20-18(23)21-16(13-24-3)14-8-5-4-6-9-14/h4-11,16H,12-13H2,1-3H3,(H2,20,21,23)/t16-/m1/s1. The van der Waals surface area contributed by atoms with Crippen molar-refractivity contribution in [1.29, 1.82) is 0 Å². The van der Waals surface area contributed by atoms with E-state index in [-0.39, 0.29) is 12.1 Å². The second-order valence-electron chi connectivity index (χ2n) is 5.63. The van der Waals surface area contributed by atoms with E-state index in [0.29, 0.717) is 6.54 Å². The zero-order valence-electron chi connectivity index (χ0n) is 14.3. The number of hydrogen-bond acceptors (Lipinski definition) is 4. The number of aromatic nitrogens is 1. The van der Waals surface area contributed by atoms with Crippen LogP contribution in [0.1, 0.15) is 17.2 Å². The number of rotatable bonds is 7. The summed E-state index contributed by atoms with van der Waals surface area (Å²) in [6.07, 6.45) is 3.79. The lowest BCUT2D eigenvalue weighted by molar-refractivity contribution is 0.237. The first-order chi connectivity index (χ1) is 11.6. The third-order valence-electron chi connectivity index (χ3n) is 3.57. The van der Waals surface area contributed by atoms with E-state index >= 15 is 0 Å². The normalized spacial score (nSPS) is 11.6. The highest BCUT2D eigenvalue weighted by Gasteiger charge is 2.14. The Hall–Kier alpha value is -2.21. The summed E-state index contributed by atoms with van der Waals surface area (Å²) in [5.41, 5.74) is 2.09. The van der Waals surface area contributed by atoms with Gasteiger partial charge in [0.2, 0.25) is 0 Å². The predicted molar refractivity (Wildman–Crippen MR) is 102 cm³/mol. The van der Waals surface area contributed by atoms with Crippen LogP contribution >= 0.6 is 11.8 Å². The predicted octanol–water partition coefficient (Wildman–Crippen LogP) is 3.05. The zero-order chi connectivity index (χ0) is 17.4. The molecule has 0 aliphatic heterocycles. The van der Waals surface area contributed by atoms with Gasteiger partial charge in [0, 0.05) is 38.2 Å². The fourth-order valence-corrected chi connectivity index (χ4v) is 3.04. The van der Waals surface area contributed by atoms with Crippen molar-refractivity contribution in [2.75, 3.05) is 31.0 Å². The summed E-state index contributed by atoms with van der Waals surface area (Å²) in [7, 11) is 3.88. The van der Waals surface area contributed by atoms with Gasteiger partial charge in [-0.15, -0.1) is 0 Å². The van der Waals surface area contributed by atoms with Crippen molar-refractivity contribution in [3.63, 3.8) is 0 Å². The van der Waals surface area contributed by atoms with Crippen molar-refractivity contribution in [2.24, 2.45) is 0 Å². The molecule has 1 atom stereocenters. The van der Waals surface area contributed by atoms with Crippen LogP contribution < -0.4 is 15.5 Å². The Morgan fingerprint density at radius 3 is 2.62 bits per heavy atom. The van der Waals surface area contributed by atoms with Crippen molar-refractivity contribution in [3.8, 4) is 0 Å². The molecule has 6 heteroatoms. The van der Waals surface area contributed by atoms with E-state index in [9.17, 15) is 4.79 Å². The summed E-state index contributed by atoms with van der Waals surface area (Å²) in [5.74, 6) is 1.69. The van der Waals surface area contributed by atoms with Crippen LogP contribution in [0.25, 0.3) is 0 Å². The molecule has 0 unspecified atom stereocenters. The van der Waals surface area contributed by atoms with Crippen LogP contribution in [0.3, 0.4) is 0 Å². The van der Waals surface area contributed by atoms with Crippen molar-refractivity contribution >= 4 is 23.6 Å². The Kier molecular flexibility index (Phi) is 6.93. The topological polar surface area (TPSA) is 57.3 Å². The van der Waals surface area contributed by atoms with Crippen LogP contribution in [0.2, 0.25) is 0 Å². The Labute approximate surface area is 147 Å². The van der Waals surface area contributed by atoms with Crippen molar-refractivity contribution in [2.45, 2.75) is 12.6 Å². The molecule has 128 valence electrons. The second-order valence-corrected chi connectivity index (χ2v) is 6.54. The molecule has 0 radical (unpaired) electrons. The minimum Gasteiger partial charge on any atom is -0.362 e. The molecular formula is C18H24N4OS. The van der Waals surface area contributed by atoms with Crippen molar-refractivity contribution in [3.05, 3.63) is 59.8 Å². The van der Waals surface area contributed by atoms with Gasteiger partial charge in [0.25, 0.3) is 0 Å². The number of hydrogen-bond donors (Lipinski definition) is 2. The van der Waals surface area contributed by atoms with Crippen LogP contribution in [0.5, 0.6) is 0 Å². The maximum Gasteiger partial charge on any atom is 0.315 e. The number of carbonyl (C=O) groups excluding carboxylic acids is 1. The molecule has 2 amide bonds. The Balaban J connectivity index is 1.97. The molecule has 24 heavy (non-hydrogen) atoms. The smallest absolute Gasteiger partial charge is 0.315 e. The van der Waals surface area contributed by atoms with Gasteiger partial charge in [-0.3, -0.25) is 0 Å². The molecule has 1 heterocycles. The third-order valence-corrected chi connectivity index (χ3v) is 4.24. The second kappa shape index (κ2) is 9.17. The van der Waals surface area contributed by atoms with Crippen molar-refractivity contribution in [1.82, 2.24) is 15.6 Å². The van der Waals surface area contributed by atoms with Gasteiger partial charge in [0.05, 0.1) is 6.04 Å². The van der Waals surface area contributed by atoms with E-state index in [4.69, 9.17) is 0 Å². The average Bonchev–Trinajstić information content (AvgIpc) is 2.60. The average molecular weight is 344 g/mol. The van der Waals surface area contributed by atoms with E-state index in [2.05, 4.69) is 15.6 Å². The molecule has 1 aromatic heterocycles. The minimum absolute atomic E-state index is 0.0107. The number of urea groups is 1. The number of pyridine rings is 1. The molecule has 1 aromatic carbocycles. The SMILES string of the molecule is CSC[C@@H](NC(=O)NCc1cccnc1N(C)C)c1ccccc1. The van der Waals surface area contributed by atoms with Crippen LogP contribution in [0, 0.1) is 0 Å². The molecule has 2 N–H and O–H groups in total. The van der Waals surface area contributed by atoms with Crippen molar-refractivity contribution < 1.29 is 4.79 Å². The number of amides is 2. The maximum absolute atomic E-state index is 12.3. The first-order valence-electron chi connectivity index (χ1n) is 7.81. The Bertz CT molecular complexity index is 648. The molecule has 0 bridgehead atoms. The van der Waals surface area contributed by atoms with Gasteiger partial charge in [-0.1, -0.05) is 36.4 Å². The number of carbonyl (C=O) groups is 1. The quantitative estimate of drug-likeness (QED) is 0.810. The van der Waals surface area contributed by atoms with E-state index in [1.54, 1.807) is 18.0 Å². The van der Waals surface area contributed by atoms with Gasteiger partial charge in [-0.05, 0) is 17.9 Å². The molecule has 0 saturated carbocycles. The van der Waals surface area contributed by atoms with E-state index in [1.807, 2.05) is 67.7 Å². The number of anilines is 1. The summed E-state index contributed by atoms with van der Waals surface area (Å²) in [5, 5.41) is 5.98. The van der Waals surface area contributed by atoms with E-state index in [0.717, 1.165) is 22.7 Å².